The van der Waals surface area contributed by atoms with Crippen LogP contribution in [0.1, 0.15) is 40.0 Å². The maximum Gasteiger partial charge on any atom is 0.270 e. The van der Waals surface area contributed by atoms with Crippen LogP contribution >= 0.6 is 0 Å². The summed E-state index contributed by atoms with van der Waals surface area (Å²) in [7, 11) is 1.70. The Hall–Kier alpha value is -1.81. The van der Waals surface area contributed by atoms with E-state index in [-0.39, 0.29) is 11.9 Å². The summed E-state index contributed by atoms with van der Waals surface area (Å²) in [6, 6.07) is 4.50. The smallest absolute Gasteiger partial charge is 0.270 e. The van der Waals surface area contributed by atoms with Crippen LogP contribution in [-0.4, -0.2) is 42.1 Å². The molecule has 0 aliphatic carbocycles. The van der Waals surface area contributed by atoms with Crippen LogP contribution in [0.2, 0.25) is 0 Å². The maximum absolute atomic E-state index is 13.0. The van der Waals surface area contributed by atoms with E-state index >= 15 is 0 Å². The molecule has 1 aromatic carbocycles. The topological polar surface area (TPSA) is 45.3 Å². The fourth-order valence-electron chi connectivity index (χ4n) is 3.61. The van der Waals surface area contributed by atoms with Gasteiger partial charge in [-0.15, -0.1) is 0 Å². The molecule has 1 aliphatic heterocycles. The van der Waals surface area contributed by atoms with E-state index in [4.69, 9.17) is 4.74 Å². The lowest BCUT2D eigenvalue weighted by molar-refractivity contribution is 0.0625. The lowest BCUT2D eigenvalue weighted by atomic mass is 10.1. The van der Waals surface area contributed by atoms with Gasteiger partial charge in [0.05, 0.1) is 12.6 Å². The lowest BCUT2D eigenvalue weighted by Gasteiger charge is -2.23. The average molecular weight is 300 g/mol. The van der Waals surface area contributed by atoms with Crippen LogP contribution in [0.15, 0.2) is 12.1 Å². The number of likely N-dealkylation sites (tertiary alicyclic amines) is 1. The Labute approximate surface area is 131 Å². The third-order valence-corrected chi connectivity index (χ3v) is 4.72. The van der Waals surface area contributed by atoms with Crippen molar-refractivity contribution in [2.45, 2.75) is 39.7 Å². The molecular formula is C18H24N2O2. The van der Waals surface area contributed by atoms with Crippen LogP contribution in [0.25, 0.3) is 10.9 Å². The second-order valence-corrected chi connectivity index (χ2v) is 6.38. The monoisotopic (exact) mass is 300 g/mol. The van der Waals surface area contributed by atoms with E-state index in [1.807, 2.05) is 11.8 Å². The molecule has 0 bridgehead atoms. The number of methoxy groups -OCH3 is 1. The van der Waals surface area contributed by atoms with Gasteiger partial charge < -0.3 is 14.6 Å². The first kappa shape index (κ1) is 15.1. The molecule has 1 unspecified atom stereocenters. The predicted molar refractivity (Wildman–Crippen MR) is 88.4 cm³/mol. The predicted octanol–water partition coefficient (Wildman–Crippen LogP) is 3.34. The minimum Gasteiger partial charge on any atom is -0.383 e. The van der Waals surface area contributed by atoms with Crippen LogP contribution in [0.3, 0.4) is 0 Å². The van der Waals surface area contributed by atoms with Gasteiger partial charge in [0.15, 0.2) is 0 Å². The number of amides is 1. The molecule has 118 valence electrons. The number of hydrogen-bond donors (Lipinski definition) is 1. The highest BCUT2D eigenvalue weighted by Crippen LogP contribution is 2.28. The standard InChI is InChI=1S/C18H24N2O2/c1-11-8-12(2)16-15(9-11)13(3)17(19-16)18(21)20-7-5-6-14(20)10-22-4/h8-9,14,19H,5-7,10H2,1-4H3. The Bertz CT molecular complexity index is 717. The number of nitrogens with one attached hydrogen (secondary N) is 1. The van der Waals surface area contributed by atoms with Crippen LogP contribution in [-0.2, 0) is 4.74 Å². The van der Waals surface area contributed by atoms with Gasteiger partial charge in [0.2, 0.25) is 0 Å². The van der Waals surface area contributed by atoms with Crippen molar-refractivity contribution in [1.29, 1.82) is 0 Å². The third-order valence-electron chi connectivity index (χ3n) is 4.72. The number of ether oxygens (including phenoxy) is 1. The SMILES string of the molecule is COCC1CCCN1C(=O)c1[nH]c2c(C)cc(C)cc2c1C. The van der Waals surface area contributed by atoms with Gasteiger partial charge in [-0.25, -0.2) is 0 Å². The van der Waals surface area contributed by atoms with Gasteiger partial charge in [0.25, 0.3) is 5.91 Å². The molecule has 4 heteroatoms. The number of nitrogens with zero attached hydrogens (tertiary/aromatic N) is 1. The summed E-state index contributed by atoms with van der Waals surface area (Å²) in [6.45, 7) is 7.65. The summed E-state index contributed by atoms with van der Waals surface area (Å²) in [5.41, 5.74) is 5.27. The average Bonchev–Trinajstić information content (AvgIpc) is 3.05. The van der Waals surface area contributed by atoms with Crippen molar-refractivity contribution in [3.05, 3.63) is 34.5 Å². The number of carbonyl (C=O) groups is 1. The molecule has 2 aromatic rings. The Kier molecular flexibility index (Phi) is 3.96. The molecule has 2 heterocycles. The quantitative estimate of drug-likeness (QED) is 0.945. The van der Waals surface area contributed by atoms with Crippen molar-refractivity contribution in [2.24, 2.45) is 0 Å². The fraction of sp³-hybridized carbons (Fsp3) is 0.500. The van der Waals surface area contributed by atoms with E-state index in [1.54, 1.807) is 7.11 Å². The summed E-state index contributed by atoms with van der Waals surface area (Å²) in [6.07, 6.45) is 2.08. The zero-order valence-corrected chi connectivity index (χ0v) is 13.8. The summed E-state index contributed by atoms with van der Waals surface area (Å²) in [4.78, 5) is 18.3. The highest BCUT2D eigenvalue weighted by molar-refractivity contribution is 6.02. The summed E-state index contributed by atoms with van der Waals surface area (Å²) in [5.74, 6) is 0.102. The number of rotatable bonds is 3. The number of hydrogen-bond acceptors (Lipinski definition) is 2. The van der Waals surface area contributed by atoms with E-state index in [2.05, 4.69) is 31.0 Å². The molecular weight excluding hydrogens is 276 g/mol. The second kappa shape index (κ2) is 5.76. The van der Waals surface area contributed by atoms with Crippen molar-refractivity contribution in [1.82, 2.24) is 9.88 Å². The van der Waals surface area contributed by atoms with Crippen molar-refractivity contribution in [3.63, 3.8) is 0 Å². The molecule has 1 aliphatic rings. The van der Waals surface area contributed by atoms with E-state index in [1.165, 1.54) is 11.1 Å². The number of aromatic amines is 1. The molecule has 4 nitrogen and oxygen atoms in total. The first-order chi connectivity index (χ1) is 10.5. The highest BCUT2D eigenvalue weighted by Gasteiger charge is 2.31. The molecule has 3 rings (SSSR count). The first-order valence-corrected chi connectivity index (χ1v) is 7.92. The number of benzene rings is 1. The van der Waals surface area contributed by atoms with Crippen molar-refractivity contribution >= 4 is 16.8 Å². The van der Waals surface area contributed by atoms with E-state index < -0.39 is 0 Å². The van der Waals surface area contributed by atoms with E-state index in [0.717, 1.165) is 41.5 Å². The van der Waals surface area contributed by atoms with Gasteiger partial charge in [-0.05, 0) is 50.8 Å². The molecule has 1 aromatic heterocycles. The summed E-state index contributed by atoms with van der Waals surface area (Å²) < 4.78 is 5.26. The zero-order valence-electron chi connectivity index (χ0n) is 13.8. The Morgan fingerprint density at radius 3 is 2.86 bits per heavy atom. The van der Waals surface area contributed by atoms with Gasteiger partial charge in [-0.3, -0.25) is 4.79 Å². The van der Waals surface area contributed by atoms with Crippen molar-refractivity contribution in [3.8, 4) is 0 Å². The molecule has 1 fully saturated rings. The summed E-state index contributed by atoms with van der Waals surface area (Å²) in [5, 5.41) is 1.16. The third kappa shape index (κ3) is 2.41. The van der Waals surface area contributed by atoms with Gasteiger partial charge in [0, 0.05) is 24.6 Å². The molecule has 1 atom stereocenters. The number of fused-ring (bicyclic) bond motifs is 1. The Morgan fingerprint density at radius 1 is 1.36 bits per heavy atom. The molecule has 1 N–H and O–H groups in total. The van der Waals surface area contributed by atoms with Gasteiger partial charge in [-0.1, -0.05) is 11.6 Å². The van der Waals surface area contributed by atoms with Crippen molar-refractivity contribution < 1.29 is 9.53 Å². The zero-order chi connectivity index (χ0) is 15.9. The first-order valence-electron chi connectivity index (χ1n) is 7.92. The Balaban J connectivity index is 2.01. The minimum atomic E-state index is 0.102. The molecule has 0 saturated carbocycles. The maximum atomic E-state index is 13.0. The van der Waals surface area contributed by atoms with Gasteiger partial charge in [-0.2, -0.15) is 0 Å². The van der Waals surface area contributed by atoms with E-state index in [9.17, 15) is 4.79 Å². The number of aryl methyl sites for hydroxylation is 3. The van der Waals surface area contributed by atoms with E-state index in [0.29, 0.717) is 6.61 Å². The largest absolute Gasteiger partial charge is 0.383 e. The van der Waals surface area contributed by atoms with Crippen LogP contribution < -0.4 is 0 Å². The summed E-state index contributed by atoms with van der Waals surface area (Å²) >= 11 is 0. The second-order valence-electron chi connectivity index (χ2n) is 6.38. The van der Waals surface area contributed by atoms with Crippen LogP contribution in [0, 0.1) is 20.8 Å². The molecule has 1 amide bonds. The normalized spacial score (nSPS) is 18.4. The number of carbonyl (C=O) groups excluding carboxylic acids is 1. The lowest BCUT2D eigenvalue weighted by Crippen LogP contribution is -2.38. The molecule has 0 radical (unpaired) electrons. The molecule has 22 heavy (non-hydrogen) atoms. The van der Waals surface area contributed by atoms with Gasteiger partial charge in [0.1, 0.15) is 5.69 Å². The minimum absolute atomic E-state index is 0.102. The highest BCUT2D eigenvalue weighted by atomic mass is 16.5. The van der Waals surface area contributed by atoms with Crippen LogP contribution in [0.5, 0.6) is 0 Å². The molecule has 0 spiro atoms. The number of H-pyrrole nitrogens is 1. The fourth-order valence-corrected chi connectivity index (χ4v) is 3.61. The molecule has 1 saturated heterocycles. The van der Waals surface area contributed by atoms with Crippen LogP contribution in [0.4, 0.5) is 0 Å². The Morgan fingerprint density at radius 2 is 2.14 bits per heavy atom. The number of aromatic nitrogens is 1. The van der Waals surface area contributed by atoms with Crippen molar-refractivity contribution in [2.75, 3.05) is 20.3 Å². The van der Waals surface area contributed by atoms with Gasteiger partial charge >= 0.3 is 0 Å².